The lowest BCUT2D eigenvalue weighted by molar-refractivity contribution is -0.127. The van der Waals surface area contributed by atoms with Crippen LogP contribution in [0.15, 0.2) is 29.3 Å². The van der Waals surface area contributed by atoms with Crippen LogP contribution in [0.5, 0.6) is 0 Å². The molecular weight excluding hydrogens is 384 g/mol. The average Bonchev–Trinajstić information content (AvgIpc) is 3.02. The maximum atomic E-state index is 12.5. The fourth-order valence-corrected chi connectivity index (χ4v) is 4.46. The first-order valence-corrected chi connectivity index (χ1v) is 10.7. The molecule has 2 aliphatic rings. The first-order chi connectivity index (χ1) is 13.0. The molecular formula is C19H25ClN4O2S. The summed E-state index contributed by atoms with van der Waals surface area (Å²) in [7, 11) is 1.69. The molecule has 1 N–H and O–H groups in total. The van der Waals surface area contributed by atoms with Crippen LogP contribution in [0.3, 0.4) is 0 Å². The molecule has 0 bridgehead atoms. The molecule has 1 aromatic carbocycles. The lowest BCUT2D eigenvalue weighted by Gasteiger charge is -2.36. The van der Waals surface area contributed by atoms with Crippen LogP contribution in [-0.2, 0) is 10.5 Å². The number of amidine groups is 1. The van der Waals surface area contributed by atoms with E-state index in [0.717, 1.165) is 42.3 Å². The Balaban J connectivity index is 1.73. The van der Waals surface area contributed by atoms with Crippen molar-refractivity contribution in [3.8, 4) is 0 Å². The van der Waals surface area contributed by atoms with E-state index < -0.39 is 12.2 Å². The third-order valence-electron chi connectivity index (χ3n) is 4.86. The molecule has 2 unspecified atom stereocenters. The van der Waals surface area contributed by atoms with E-state index in [1.54, 1.807) is 18.8 Å². The molecule has 1 aromatic rings. The van der Waals surface area contributed by atoms with Gasteiger partial charge in [-0.1, -0.05) is 61.7 Å². The largest absolute Gasteiger partial charge is 0.336 e. The van der Waals surface area contributed by atoms with Gasteiger partial charge in [-0.05, 0) is 24.1 Å². The number of unbranched alkanes of at least 4 members (excludes halogenated alkanes) is 3. The monoisotopic (exact) mass is 408 g/mol. The molecule has 0 aromatic heterocycles. The number of benzene rings is 1. The fourth-order valence-electron chi connectivity index (χ4n) is 3.29. The van der Waals surface area contributed by atoms with Crippen LogP contribution < -0.4 is 5.32 Å². The van der Waals surface area contributed by atoms with Crippen molar-refractivity contribution in [1.29, 1.82) is 0 Å². The van der Waals surface area contributed by atoms with Crippen molar-refractivity contribution >= 4 is 40.5 Å². The van der Waals surface area contributed by atoms with Gasteiger partial charge in [0, 0.05) is 24.4 Å². The molecule has 0 aliphatic carbocycles. The summed E-state index contributed by atoms with van der Waals surface area (Å²) in [5, 5.41) is 3.98. The highest BCUT2D eigenvalue weighted by Gasteiger charge is 2.48. The van der Waals surface area contributed by atoms with E-state index in [-0.39, 0.29) is 11.9 Å². The topological polar surface area (TPSA) is 65.0 Å². The average molecular weight is 409 g/mol. The SMILES string of the molecule is CCCCCCN1C(SCc2ccc(Cl)cc2)=NC2C1C(=O)NC(=O)N2C. The zero-order valence-corrected chi connectivity index (χ0v) is 17.2. The Kier molecular flexibility index (Phi) is 6.65. The molecule has 8 heteroatoms. The molecule has 3 rings (SSSR count). The Bertz CT molecular complexity index is 725. The standard InChI is InChI=1S/C19H25ClN4O2S/c1-3-4-5-6-11-24-15-16(23(2)18(26)22-17(15)25)21-19(24)27-12-13-7-9-14(20)10-8-13/h7-10,15-16H,3-6,11-12H2,1-2H3,(H,22,25,26). The number of amides is 3. The van der Waals surface area contributed by atoms with Gasteiger partial charge < -0.3 is 9.80 Å². The number of aliphatic imine (C=N–C) groups is 1. The number of imide groups is 1. The van der Waals surface area contributed by atoms with Crippen LogP contribution in [0.25, 0.3) is 0 Å². The molecule has 2 atom stereocenters. The minimum atomic E-state index is -0.454. The van der Waals surface area contributed by atoms with Crippen LogP contribution in [0.2, 0.25) is 5.02 Å². The molecule has 6 nitrogen and oxygen atoms in total. The number of rotatable bonds is 7. The van der Waals surface area contributed by atoms with Crippen LogP contribution in [-0.4, -0.2) is 52.7 Å². The molecule has 27 heavy (non-hydrogen) atoms. The number of carbonyl (C=O) groups is 2. The Morgan fingerprint density at radius 1 is 1.19 bits per heavy atom. The normalized spacial score (nSPS) is 22.0. The Morgan fingerprint density at radius 2 is 1.93 bits per heavy atom. The van der Waals surface area contributed by atoms with Crippen molar-refractivity contribution in [1.82, 2.24) is 15.1 Å². The highest BCUT2D eigenvalue weighted by Crippen LogP contribution is 2.30. The van der Waals surface area contributed by atoms with Gasteiger partial charge in [0.15, 0.2) is 17.4 Å². The summed E-state index contributed by atoms with van der Waals surface area (Å²) in [5.74, 6) is 0.477. The second-order valence-corrected chi connectivity index (χ2v) is 8.22. The van der Waals surface area contributed by atoms with Crippen LogP contribution in [0.1, 0.15) is 38.2 Å². The maximum absolute atomic E-state index is 12.5. The zero-order chi connectivity index (χ0) is 19.4. The number of hydrogen-bond acceptors (Lipinski definition) is 5. The number of carbonyl (C=O) groups excluding carboxylic acids is 2. The van der Waals surface area contributed by atoms with E-state index in [1.165, 1.54) is 11.3 Å². The van der Waals surface area contributed by atoms with Gasteiger partial charge in [0.25, 0.3) is 5.91 Å². The summed E-state index contributed by atoms with van der Waals surface area (Å²) in [6.07, 6.45) is 4.01. The van der Waals surface area contributed by atoms with E-state index in [9.17, 15) is 9.59 Å². The summed E-state index contributed by atoms with van der Waals surface area (Å²) in [5.41, 5.74) is 1.14. The van der Waals surface area contributed by atoms with E-state index in [4.69, 9.17) is 16.6 Å². The fraction of sp³-hybridized carbons (Fsp3) is 0.526. The quantitative estimate of drug-likeness (QED) is 0.698. The molecule has 2 aliphatic heterocycles. The first kappa shape index (κ1) is 20.0. The van der Waals surface area contributed by atoms with E-state index in [1.807, 2.05) is 24.3 Å². The Hall–Kier alpha value is -1.73. The van der Waals surface area contributed by atoms with Crippen molar-refractivity contribution in [3.63, 3.8) is 0 Å². The molecule has 0 radical (unpaired) electrons. The number of likely N-dealkylation sites (N-methyl/N-ethyl adjacent to an activating group) is 1. The van der Waals surface area contributed by atoms with Crippen LogP contribution in [0.4, 0.5) is 4.79 Å². The number of nitrogens with zero attached hydrogens (tertiary/aromatic N) is 3. The predicted molar refractivity (Wildman–Crippen MR) is 110 cm³/mol. The number of nitrogens with one attached hydrogen (secondary N) is 1. The van der Waals surface area contributed by atoms with Gasteiger partial charge in [0.1, 0.15) is 0 Å². The lowest BCUT2D eigenvalue weighted by atomic mass is 10.1. The summed E-state index contributed by atoms with van der Waals surface area (Å²) < 4.78 is 0. The Morgan fingerprint density at radius 3 is 2.63 bits per heavy atom. The second-order valence-electron chi connectivity index (χ2n) is 6.84. The zero-order valence-electron chi connectivity index (χ0n) is 15.7. The van der Waals surface area contributed by atoms with Crippen molar-refractivity contribution in [3.05, 3.63) is 34.9 Å². The second kappa shape index (κ2) is 8.97. The van der Waals surface area contributed by atoms with Gasteiger partial charge in [0.2, 0.25) is 0 Å². The summed E-state index contributed by atoms with van der Waals surface area (Å²) in [6.45, 7) is 2.94. The van der Waals surface area contributed by atoms with Gasteiger partial charge in [-0.15, -0.1) is 0 Å². The molecule has 1 fully saturated rings. The van der Waals surface area contributed by atoms with Crippen LogP contribution in [0, 0.1) is 0 Å². The highest BCUT2D eigenvalue weighted by molar-refractivity contribution is 8.13. The number of halogens is 1. The number of thioether (sulfide) groups is 1. The summed E-state index contributed by atoms with van der Waals surface area (Å²) in [6, 6.07) is 6.89. The van der Waals surface area contributed by atoms with Crippen molar-refractivity contribution in [2.45, 2.75) is 50.6 Å². The van der Waals surface area contributed by atoms with Gasteiger partial charge in [-0.25, -0.2) is 9.79 Å². The lowest BCUT2D eigenvalue weighted by Crippen LogP contribution is -2.63. The first-order valence-electron chi connectivity index (χ1n) is 9.30. The predicted octanol–water partition coefficient (Wildman–Crippen LogP) is 3.70. The molecule has 146 valence electrons. The highest BCUT2D eigenvalue weighted by atomic mass is 35.5. The molecule has 0 saturated carbocycles. The molecule has 2 heterocycles. The van der Waals surface area contributed by atoms with E-state index in [2.05, 4.69) is 17.1 Å². The summed E-state index contributed by atoms with van der Waals surface area (Å²) in [4.78, 5) is 32.8. The van der Waals surface area contributed by atoms with E-state index >= 15 is 0 Å². The number of fused-ring (bicyclic) bond motifs is 1. The number of urea groups is 1. The van der Waals surface area contributed by atoms with Crippen molar-refractivity contribution in [2.75, 3.05) is 13.6 Å². The van der Waals surface area contributed by atoms with Gasteiger partial charge in [0.05, 0.1) is 0 Å². The van der Waals surface area contributed by atoms with Crippen molar-refractivity contribution < 1.29 is 9.59 Å². The number of hydrogen-bond donors (Lipinski definition) is 1. The molecule has 3 amide bonds. The van der Waals surface area contributed by atoms with Crippen LogP contribution >= 0.6 is 23.4 Å². The minimum absolute atomic E-state index is 0.260. The molecule has 1 saturated heterocycles. The molecule has 0 spiro atoms. The maximum Gasteiger partial charge on any atom is 0.325 e. The van der Waals surface area contributed by atoms with Gasteiger partial charge in [-0.3, -0.25) is 10.1 Å². The van der Waals surface area contributed by atoms with E-state index in [0.29, 0.717) is 5.02 Å². The Labute approximate surface area is 169 Å². The third kappa shape index (κ3) is 4.58. The smallest absolute Gasteiger partial charge is 0.325 e. The van der Waals surface area contributed by atoms with Crippen molar-refractivity contribution in [2.24, 2.45) is 4.99 Å². The summed E-state index contributed by atoms with van der Waals surface area (Å²) >= 11 is 7.55. The minimum Gasteiger partial charge on any atom is -0.336 e. The van der Waals surface area contributed by atoms with Gasteiger partial charge >= 0.3 is 6.03 Å². The third-order valence-corrected chi connectivity index (χ3v) is 6.18. The van der Waals surface area contributed by atoms with Gasteiger partial charge in [-0.2, -0.15) is 0 Å².